The van der Waals surface area contributed by atoms with E-state index in [0.29, 0.717) is 0 Å². The maximum Gasteiger partial charge on any atom is 0.164 e. The Balaban J connectivity index is 1.89. The molecular formula is C19H15N3OS. The molecule has 4 rings (SSSR count). The number of thiophene rings is 1. The van der Waals surface area contributed by atoms with Crippen LogP contribution in [0.5, 0.6) is 5.75 Å². The summed E-state index contributed by atoms with van der Waals surface area (Å²) in [7, 11) is 1.66. The number of fused-ring (bicyclic) bond motifs is 1. The highest BCUT2D eigenvalue weighted by molar-refractivity contribution is 7.12. The zero-order valence-electron chi connectivity index (χ0n) is 13.1. The predicted molar refractivity (Wildman–Crippen MR) is 98.7 cm³/mol. The molecule has 0 aliphatic carbocycles. The summed E-state index contributed by atoms with van der Waals surface area (Å²) in [6.45, 7) is 0. The lowest BCUT2D eigenvalue weighted by Crippen LogP contribution is -2.18. The van der Waals surface area contributed by atoms with E-state index >= 15 is 0 Å². The first-order valence-corrected chi connectivity index (χ1v) is 8.43. The topological polar surface area (TPSA) is 46.0 Å². The van der Waals surface area contributed by atoms with Gasteiger partial charge in [-0.15, -0.1) is 11.3 Å². The van der Waals surface area contributed by atoms with Crippen molar-refractivity contribution in [1.82, 2.24) is 5.43 Å². The van der Waals surface area contributed by atoms with Crippen LogP contribution in [0.2, 0.25) is 0 Å². The smallest absolute Gasteiger partial charge is 0.164 e. The molecule has 0 amide bonds. The molecule has 3 aromatic rings. The van der Waals surface area contributed by atoms with Gasteiger partial charge in [0.1, 0.15) is 11.5 Å². The molecule has 1 aliphatic rings. The van der Waals surface area contributed by atoms with Crippen LogP contribution in [0.3, 0.4) is 0 Å². The highest BCUT2D eigenvalue weighted by atomic mass is 32.1. The fourth-order valence-electron chi connectivity index (χ4n) is 2.58. The molecule has 2 heterocycles. The monoisotopic (exact) mass is 333 g/mol. The van der Waals surface area contributed by atoms with E-state index in [-0.39, 0.29) is 0 Å². The van der Waals surface area contributed by atoms with Crippen molar-refractivity contribution in [2.75, 3.05) is 7.11 Å². The van der Waals surface area contributed by atoms with Crippen LogP contribution in [0.25, 0.3) is 0 Å². The van der Waals surface area contributed by atoms with Crippen molar-refractivity contribution in [1.29, 1.82) is 0 Å². The normalized spacial score (nSPS) is 13.2. The van der Waals surface area contributed by atoms with E-state index < -0.39 is 0 Å². The number of methoxy groups -OCH3 is 1. The minimum absolute atomic E-state index is 0.752. The molecular weight excluding hydrogens is 318 g/mol. The maximum absolute atomic E-state index is 5.38. The summed E-state index contributed by atoms with van der Waals surface area (Å²) in [6, 6.07) is 20.0. The molecule has 5 heteroatoms. The van der Waals surface area contributed by atoms with Crippen molar-refractivity contribution in [3.8, 4) is 5.75 Å². The van der Waals surface area contributed by atoms with Crippen molar-refractivity contribution in [3.63, 3.8) is 0 Å². The lowest BCUT2D eigenvalue weighted by Gasteiger charge is -2.09. The Hall–Kier alpha value is -2.92. The summed E-state index contributed by atoms with van der Waals surface area (Å²) in [4.78, 5) is 5.83. The van der Waals surface area contributed by atoms with Gasteiger partial charge in [0.05, 0.1) is 17.7 Å². The fraction of sp³-hybridized carbons (Fsp3) is 0.0526. The Morgan fingerprint density at radius 2 is 1.88 bits per heavy atom. The third-order valence-electron chi connectivity index (χ3n) is 3.77. The first-order valence-electron chi connectivity index (χ1n) is 7.55. The molecule has 1 N–H and O–H groups in total. The van der Waals surface area contributed by atoms with Crippen LogP contribution in [0.15, 0.2) is 76.1 Å². The third-order valence-corrected chi connectivity index (χ3v) is 4.64. The second-order valence-electron chi connectivity index (χ2n) is 5.26. The molecule has 24 heavy (non-hydrogen) atoms. The standard InChI is InChI=1S/C19H15N3OS/c1-23-14-9-10-16-15(12-14)18(13-6-3-2-4-7-13)21-22-19(20-16)17-8-5-11-24-17/h2-12H,1H3,(H,20,22). The lowest BCUT2D eigenvalue weighted by atomic mass is 10.0. The maximum atomic E-state index is 5.38. The predicted octanol–water partition coefficient (Wildman–Crippen LogP) is 4.19. The van der Waals surface area contributed by atoms with Gasteiger partial charge in [-0.25, -0.2) is 4.99 Å². The van der Waals surface area contributed by atoms with Gasteiger partial charge in [-0.2, -0.15) is 5.10 Å². The van der Waals surface area contributed by atoms with Gasteiger partial charge in [-0.05, 0) is 29.6 Å². The Labute approximate surface area is 144 Å². The van der Waals surface area contributed by atoms with Gasteiger partial charge in [-0.3, -0.25) is 5.43 Å². The van der Waals surface area contributed by atoms with Crippen LogP contribution >= 0.6 is 11.3 Å². The molecule has 0 bridgehead atoms. The molecule has 0 spiro atoms. The number of nitrogens with one attached hydrogen (secondary N) is 1. The molecule has 0 unspecified atom stereocenters. The van der Waals surface area contributed by atoms with E-state index in [1.165, 1.54) is 0 Å². The third kappa shape index (κ3) is 2.70. The Morgan fingerprint density at radius 3 is 2.62 bits per heavy atom. The van der Waals surface area contributed by atoms with Gasteiger partial charge in [-0.1, -0.05) is 36.4 Å². The molecule has 2 aromatic carbocycles. The van der Waals surface area contributed by atoms with E-state index in [1.54, 1.807) is 18.4 Å². The Kier molecular flexibility index (Phi) is 3.84. The van der Waals surface area contributed by atoms with Crippen LogP contribution in [-0.4, -0.2) is 18.7 Å². The average Bonchev–Trinajstić information content (AvgIpc) is 3.10. The zero-order valence-corrected chi connectivity index (χ0v) is 13.9. The lowest BCUT2D eigenvalue weighted by molar-refractivity contribution is 0.415. The summed E-state index contributed by atoms with van der Waals surface area (Å²) in [6.07, 6.45) is 0. The Bertz CT molecular complexity index is 915. The number of ether oxygens (including phenoxy) is 1. The average molecular weight is 333 g/mol. The Morgan fingerprint density at radius 1 is 1.00 bits per heavy atom. The largest absolute Gasteiger partial charge is 0.497 e. The summed E-state index contributed by atoms with van der Waals surface area (Å²) in [5.74, 6) is 1.54. The van der Waals surface area contributed by atoms with Crippen LogP contribution in [-0.2, 0) is 0 Å². The molecule has 4 nitrogen and oxygen atoms in total. The second-order valence-corrected chi connectivity index (χ2v) is 6.21. The van der Waals surface area contributed by atoms with Gasteiger partial charge >= 0.3 is 0 Å². The number of benzene rings is 2. The van der Waals surface area contributed by atoms with Gasteiger partial charge in [0.25, 0.3) is 0 Å². The number of nitrogens with zero attached hydrogens (tertiary/aromatic N) is 2. The molecule has 0 saturated carbocycles. The summed E-state index contributed by atoms with van der Waals surface area (Å²) < 4.78 is 5.38. The van der Waals surface area contributed by atoms with Crippen molar-refractivity contribution in [2.24, 2.45) is 10.1 Å². The first kappa shape index (κ1) is 14.7. The molecule has 0 fully saturated rings. The van der Waals surface area contributed by atoms with Gasteiger partial charge < -0.3 is 4.74 Å². The highest BCUT2D eigenvalue weighted by Crippen LogP contribution is 2.29. The second kappa shape index (κ2) is 6.29. The quantitative estimate of drug-likeness (QED) is 0.781. The number of hydrazone groups is 1. The van der Waals surface area contributed by atoms with E-state index in [9.17, 15) is 0 Å². The van der Waals surface area contributed by atoms with Crippen LogP contribution < -0.4 is 10.2 Å². The van der Waals surface area contributed by atoms with Crippen molar-refractivity contribution in [3.05, 3.63) is 82.0 Å². The van der Waals surface area contributed by atoms with Gasteiger partial charge in [0.15, 0.2) is 5.84 Å². The molecule has 0 radical (unpaired) electrons. The van der Waals surface area contributed by atoms with Crippen LogP contribution in [0, 0.1) is 0 Å². The number of rotatable bonds is 3. The van der Waals surface area contributed by atoms with Crippen molar-refractivity contribution in [2.45, 2.75) is 0 Å². The minimum atomic E-state index is 0.752. The molecule has 1 aliphatic heterocycles. The van der Waals surface area contributed by atoms with E-state index in [4.69, 9.17) is 9.73 Å². The number of hydrogen-bond donors (Lipinski definition) is 1. The van der Waals surface area contributed by atoms with E-state index in [2.05, 4.69) is 10.5 Å². The summed E-state index contributed by atoms with van der Waals surface area (Å²) >= 11 is 1.63. The number of amidine groups is 1. The molecule has 0 saturated heterocycles. The highest BCUT2D eigenvalue weighted by Gasteiger charge is 2.18. The fourth-order valence-corrected chi connectivity index (χ4v) is 3.25. The van der Waals surface area contributed by atoms with E-state index in [1.807, 2.05) is 66.0 Å². The minimum Gasteiger partial charge on any atom is -0.497 e. The van der Waals surface area contributed by atoms with Crippen molar-refractivity contribution >= 4 is 28.6 Å². The van der Waals surface area contributed by atoms with Crippen molar-refractivity contribution < 1.29 is 4.74 Å². The molecule has 0 atom stereocenters. The summed E-state index contributed by atoms with van der Waals surface area (Å²) in [5.41, 5.74) is 6.81. The number of hydrogen-bond acceptors (Lipinski definition) is 5. The summed E-state index contributed by atoms with van der Waals surface area (Å²) in [5, 5.41) is 6.66. The van der Waals surface area contributed by atoms with Crippen LogP contribution in [0.4, 0.5) is 5.69 Å². The zero-order chi connectivity index (χ0) is 16.4. The molecule has 118 valence electrons. The molecule has 1 aromatic heterocycles. The van der Waals surface area contributed by atoms with Gasteiger partial charge in [0, 0.05) is 11.1 Å². The number of aliphatic imine (C=N–C) groups is 1. The van der Waals surface area contributed by atoms with Gasteiger partial charge in [0.2, 0.25) is 0 Å². The van der Waals surface area contributed by atoms with E-state index in [0.717, 1.165) is 39.0 Å². The van der Waals surface area contributed by atoms with Crippen LogP contribution in [0.1, 0.15) is 16.0 Å². The first-order chi connectivity index (χ1) is 11.8. The SMILES string of the molecule is COc1ccc2c(c1)C(c1ccccc1)=NNC(c1cccs1)=N2.